The molecular weight excluding hydrogens is 186 g/mol. The Kier molecular flexibility index (Phi) is 2.06. The van der Waals surface area contributed by atoms with Gasteiger partial charge in [-0.1, -0.05) is 6.08 Å². The summed E-state index contributed by atoms with van der Waals surface area (Å²) in [4.78, 5) is 8.48. The van der Waals surface area contributed by atoms with E-state index in [2.05, 4.69) is 21.4 Å². The predicted octanol–water partition coefficient (Wildman–Crippen LogP) is 1.78. The van der Waals surface area contributed by atoms with Gasteiger partial charge in [0.05, 0.1) is 11.9 Å². The molecule has 15 heavy (non-hydrogen) atoms. The molecule has 1 aliphatic carbocycles. The highest BCUT2D eigenvalue weighted by atomic mass is 15.0. The Morgan fingerprint density at radius 2 is 2.33 bits per heavy atom. The molecule has 3 rings (SSSR count). The van der Waals surface area contributed by atoms with Gasteiger partial charge in [-0.3, -0.25) is 9.97 Å². The SMILES string of the molecule is C1=C(c2cnccn2)CC2(C1)CCCN2. The largest absolute Gasteiger partial charge is 0.311 e. The molecule has 3 nitrogen and oxygen atoms in total. The molecule has 1 aromatic rings. The third-order valence-electron chi connectivity index (χ3n) is 3.49. The summed E-state index contributed by atoms with van der Waals surface area (Å²) in [7, 11) is 0. The van der Waals surface area contributed by atoms with Gasteiger partial charge < -0.3 is 5.32 Å². The van der Waals surface area contributed by atoms with Crippen molar-refractivity contribution in [3.05, 3.63) is 30.4 Å². The van der Waals surface area contributed by atoms with Crippen LogP contribution in [0.4, 0.5) is 0 Å². The van der Waals surface area contributed by atoms with E-state index in [0.29, 0.717) is 5.54 Å². The highest BCUT2D eigenvalue weighted by molar-refractivity contribution is 5.65. The van der Waals surface area contributed by atoms with E-state index in [4.69, 9.17) is 0 Å². The van der Waals surface area contributed by atoms with Crippen LogP contribution in [0.1, 0.15) is 31.4 Å². The third-order valence-corrected chi connectivity index (χ3v) is 3.49. The van der Waals surface area contributed by atoms with Crippen molar-refractivity contribution in [2.45, 2.75) is 31.2 Å². The molecule has 0 radical (unpaired) electrons. The minimum absolute atomic E-state index is 0.354. The lowest BCUT2D eigenvalue weighted by molar-refractivity contribution is 0.405. The highest BCUT2D eigenvalue weighted by Crippen LogP contribution is 2.39. The second-order valence-corrected chi connectivity index (χ2v) is 4.51. The summed E-state index contributed by atoms with van der Waals surface area (Å²) < 4.78 is 0. The maximum atomic E-state index is 4.36. The van der Waals surface area contributed by atoms with Gasteiger partial charge in [0.2, 0.25) is 0 Å². The number of rotatable bonds is 1. The summed E-state index contributed by atoms with van der Waals surface area (Å²) in [5.41, 5.74) is 2.76. The van der Waals surface area contributed by atoms with E-state index < -0.39 is 0 Å². The van der Waals surface area contributed by atoms with Crippen LogP contribution in [0.25, 0.3) is 5.57 Å². The van der Waals surface area contributed by atoms with E-state index >= 15 is 0 Å². The molecule has 2 heterocycles. The molecule has 0 bridgehead atoms. The zero-order valence-electron chi connectivity index (χ0n) is 8.74. The van der Waals surface area contributed by atoms with Crippen LogP contribution >= 0.6 is 0 Å². The van der Waals surface area contributed by atoms with Crippen molar-refractivity contribution in [3.63, 3.8) is 0 Å². The van der Waals surface area contributed by atoms with Gasteiger partial charge in [-0.15, -0.1) is 0 Å². The maximum Gasteiger partial charge on any atom is 0.0842 e. The Morgan fingerprint density at radius 1 is 1.33 bits per heavy atom. The number of nitrogens with zero attached hydrogens (tertiary/aromatic N) is 2. The lowest BCUT2D eigenvalue weighted by atomic mass is 9.93. The van der Waals surface area contributed by atoms with Gasteiger partial charge in [0.1, 0.15) is 0 Å². The standard InChI is InChI=1S/C12H15N3/c1-3-12(15-5-1)4-2-10(8-12)11-9-13-6-7-14-11/h2,6-7,9,15H,1,3-5,8H2. The number of nitrogens with one attached hydrogen (secondary N) is 1. The quantitative estimate of drug-likeness (QED) is 0.752. The topological polar surface area (TPSA) is 37.8 Å². The molecule has 2 aliphatic rings. The molecule has 1 saturated heterocycles. The van der Waals surface area contributed by atoms with Crippen molar-refractivity contribution in [2.24, 2.45) is 0 Å². The van der Waals surface area contributed by atoms with Gasteiger partial charge in [-0.05, 0) is 37.8 Å². The molecule has 1 unspecified atom stereocenters. The smallest absolute Gasteiger partial charge is 0.0842 e. The van der Waals surface area contributed by atoms with Gasteiger partial charge >= 0.3 is 0 Å². The normalized spacial score (nSPS) is 29.7. The molecule has 1 spiro atoms. The molecule has 0 aromatic carbocycles. The minimum Gasteiger partial charge on any atom is -0.311 e. The van der Waals surface area contributed by atoms with Crippen LogP contribution in [0.15, 0.2) is 24.7 Å². The van der Waals surface area contributed by atoms with E-state index in [1.807, 2.05) is 6.20 Å². The summed E-state index contributed by atoms with van der Waals surface area (Å²) in [6.07, 6.45) is 12.5. The highest BCUT2D eigenvalue weighted by Gasteiger charge is 2.37. The summed E-state index contributed by atoms with van der Waals surface area (Å²) in [5.74, 6) is 0. The van der Waals surface area contributed by atoms with Gasteiger partial charge in [-0.25, -0.2) is 0 Å². The molecule has 1 fully saturated rings. The van der Waals surface area contributed by atoms with Crippen LogP contribution in [0, 0.1) is 0 Å². The van der Waals surface area contributed by atoms with Crippen molar-refractivity contribution in [1.82, 2.24) is 15.3 Å². The van der Waals surface area contributed by atoms with Crippen molar-refractivity contribution >= 4 is 5.57 Å². The van der Waals surface area contributed by atoms with Crippen LogP contribution in [0.5, 0.6) is 0 Å². The molecule has 0 saturated carbocycles. The fourth-order valence-electron chi connectivity index (χ4n) is 2.68. The van der Waals surface area contributed by atoms with Gasteiger partial charge in [-0.2, -0.15) is 0 Å². The Hall–Kier alpha value is -1.22. The first-order chi connectivity index (χ1) is 7.38. The van der Waals surface area contributed by atoms with Crippen molar-refractivity contribution < 1.29 is 0 Å². The second kappa shape index (κ2) is 3.42. The molecular formula is C12H15N3. The minimum atomic E-state index is 0.354. The van der Waals surface area contributed by atoms with Crippen LogP contribution in [0.2, 0.25) is 0 Å². The van der Waals surface area contributed by atoms with Gasteiger partial charge in [0, 0.05) is 17.9 Å². The number of aromatic nitrogens is 2. The summed E-state index contributed by atoms with van der Waals surface area (Å²) in [5, 5.41) is 3.63. The van der Waals surface area contributed by atoms with E-state index in [0.717, 1.165) is 18.5 Å². The van der Waals surface area contributed by atoms with E-state index in [1.165, 1.54) is 25.0 Å². The second-order valence-electron chi connectivity index (χ2n) is 4.51. The molecule has 1 aromatic heterocycles. The molecule has 1 N–H and O–H groups in total. The molecule has 1 atom stereocenters. The zero-order valence-corrected chi connectivity index (χ0v) is 8.74. The first-order valence-corrected chi connectivity index (χ1v) is 5.58. The zero-order chi connectivity index (χ0) is 10.1. The van der Waals surface area contributed by atoms with Gasteiger partial charge in [0.15, 0.2) is 0 Å². The number of hydrogen-bond acceptors (Lipinski definition) is 3. The summed E-state index contributed by atoms with van der Waals surface area (Å²) >= 11 is 0. The van der Waals surface area contributed by atoms with E-state index in [-0.39, 0.29) is 0 Å². The van der Waals surface area contributed by atoms with Crippen molar-refractivity contribution in [3.8, 4) is 0 Å². The predicted molar refractivity (Wildman–Crippen MR) is 59.2 cm³/mol. The van der Waals surface area contributed by atoms with Crippen LogP contribution in [0.3, 0.4) is 0 Å². The van der Waals surface area contributed by atoms with Crippen molar-refractivity contribution in [2.75, 3.05) is 6.54 Å². The molecule has 78 valence electrons. The first-order valence-electron chi connectivity index (χ1n) is 5.58. The molecule has 0 amide bonds. The van der Waals surface area contributed by atoms with Crippen LogP contribution < -0.4 is 5.32 Å². The fraction of sp³-hybridized carbons (Fsp3) is 0.500. The average molecular weight is 201 g/mol. The molecule has 1 aliphatic heterocycles. The Labute approximate surface area is 89.6 Å². The Balaban J connectivity index is 1.81. The van der Waals surface area contributed by atoms with Crippen molar-refractivity contribution in [1.29, 1.82) is 0 Å². The number of hydrogen-bond donors (Lipinski definition) is 1. The molecule has 3 heteroatoms. The first kappa shape index (κ1) is 9.04. The lowest BCUT2D eigenvalue weighted by Gasteiger charge is -2.23. The lowest BCUT2D eigenvalue weighted by Crippen LogP contribution is -2.36. The Bertz CT molecular complexity index is 377. The fourth-order valence-corrected chi connectivity index (χ4v) is 2.68. The average Bonchev–Trinajstić information content (AvgIpc) is 2.91. The van der Waals surface area contributed by atoms with Crippen LogP contribution in [-0.4, -0.2) is 22.1 Å². The summed E-state index contributed by atoms with van der Waals surface area (Å²) in [6.45, 7) is 1.17. The van der Waals surface area contributed by atoms with Crippen LogP contribution in [-0.2, 0) is 0 Å². The Morgan fingerprint density at radius 3 is 3.07 bits per heavy atom. The van der Waals surface area contributed by atoms with E-state index in [1.54, 1.807) is 12.4 Å². The van der Waals surface area contributed by atoms with Gasteiger partial charge in [0.25, 0.3) is 0 Å². The maximum absolute atomic E-state index is 4.36. The third kappa shape index (κ3) is 1.57. The summed E-state index contributed by atoms with van der Waals surface area (Å²) in [6, 6.07) is 0. The van der Waals surface area contributed by atoms with E-state index in [9.17, 15) is 0 Å². The monoisotopic (exact) mass is 201 g/mol.